The van der Waals surface area contributed by atoms with E-state index in [4.69, 9.17) is 0 Å². The lowest BCUT2D eigenvalue weighted by atomic mass is 9.86. The zero-order valence-electron chi connectivity index (χ0n) is 8.01. The fourth-order valence-electron chi connectivity index (χ4n) is 2.04. The average Bonchev–Trinajstić information content (AvgIpc) is 2.60. The second-order valence-electron chi connectivity index (χ2n) is 4.15. The first-order chi connectivity index (χ1) is 6.10. The highest BCUT2D eigenvalue weighted by molar-refractivity contribution is 9.09. The monoisotopic (exact) mass is 259 g/mol. The molecule has 1 fully saturated rings. The highest BCUT2D eigenvalue weighted by Crippen LogP contribution is 2.43. The molecule has 0 bridgehead atoms. The topological polar surface area (TPSA) is 12.9 Å². The van der Waals surface area contributed by atoms with E-state index < -0.39 is 0 Å². The number of thiazole rings is 1. The van der Waals surface area contributed by atoms with Crippen LogP contribution in [0.5, 0.6) is 0 Å². The second kappa shape index (κ2) is 3.35. The van der Waals surface area contributed by atoms with E-state index in [0.29, 0.717) is 10.2 Å². The van der Waals surface area contributed by atoms with Crippen molar-refractivity contribution in [1.82, 2.24) is 4.98 Å². The van der Waals surface area contributed by atoms with Crippen molar-refractivity contribution in [1.29, 1.82) is 0 Å². The Morgan fingerprint density at radius 3 is 2.92 bits per heavy atom. The average molecular weight is 260 g/mol. The van der Waals surface area contributed by atoms with Gasteiger partial charge in [-0.3, -0.25) is 0 Å². The van der Waals surface area contributed by atoms with Crippen molar-refractivity contribution in [3.05, 3.63) is 16.1 Å². The fourth-order valence-corrected chi connectivity index (χ4v) is 3.76. The first-order valence-corrected chi connectivity index (χ1v) is 6.46. The number of hydrogen-bond acceptors (Lipinski definition) is 2. The lowest BCUT2D eigenvalue weighted by Gasteiger charge is -2.20. The third-order valence-corrected chi connectivity index (χ3v) is 4.47. The Bertz CT molecular complexity index is 310. The van der Waals surface area contributed by atoms with Gasteiger partial charge in [-0.2, -0.15) is 0 Å². The Labute approximate surface area is 91.7 Å². The lowest BCUT2D eigenvalue weighted by Crippen LogP contribution is -2.18. The van der Waals surface area contributed by atoms with Crippen molar-refractivity contribution in [2.75, 3.05) is 0 Å². The molecule has 72 valence electrons. The van der Waals surface area contributed by atoms with Crippen molar-refractivity contribution >= 4 is 27.3 Å². The van der Waals surface area contributed by atoms with Gasteiger partial charge in [0, 0.05) is 15.6 Å². The van der Waals surface area contributed by atoms with Crippen LogP contribution >= 0.6 is 27.3 Å². The van der Waals surface area contributed by atoms with Crippen LogP contribution in [0.1, 0.15) is 36.9 Å². The summed E-state index contributed by atoms with van der Waals surface area (Å²) in [6.07, 6.45) is 3.79. The summed E-state index contributed by atoms with van der Waals surface area (Å²) in [5.74, 6) is 0. The molecular weight excluding hydrogens is 246 g/mol. The van der Waals surface area contributed by atoms with E-state index in [-0.39, 0.29) is 0 Å². The Morgan fingerprint density at radius 2 is 2.46 bits per heavy atom. The number of aromatic nitrogens is 1. The summed E-state index contributed by atoms with van der Waals surface area (Å²) < 4.78 is 0. The van der Waals surface area contributed by atoms with Crippen LogP contribution in [-0.2, 0) is 5.41 Å². The molecule has 0 saturated heterocycles. The highest BCUT2D eigenvalue weighted by Gasteiger charge is 2.36. The third-order valence-electron chi connectivity index (χ3n) is 2.92. The molecule has 1 saturated carbocycles. The summed E-state index contributed by atoms with van der Waals surface area (Å²) in [6, 6.07) is 0. The number of nitrogens with zero attached hydrogens (tertiary/aromatic N) is 1. The molecule has 2 rings (SSSR count). The van der Waals surface area contributed by atoms with Gasteiger partial charge in [0.2, 0.25) is 0 Å². The summed E-state index contributed by atoms with van der Waals surface area (Å²) in [4.78, 5) is 5.29. The highest BCUT2D eigenvalue weighted by atomic mass is 79.9. The number of alkyl halides is 1. The van der Waals surface area contributed by atoms with Gasteiger partial charge in [-0.05, 0) is 26.2 Å². The molecule has 2 atom stereocenters. The van der Waals surface area contributed by atoms with Gasteiger partial charge in [-0.15, -0.1) is 11.3 Å². The van der Waals surface area contributed by atoms with Gasteiger partial charge in [-0.1, -0.05) is 22.9 Å². The number of rotatable bonds is 1. The molecular formula is C10H14BrNS. The molecule has 0 aromatic carbocycles. The maximum atomic E-state index is 4.60. The first-order valence-electron chi connectivity index (χ1n) is 4.67. The van der Waals surface area contributed by atoms with Gasteiger partial charge in [0.25, 0.3) is 0 Å². The Balaban J connectivity index is 2.25. The summed E-state index contributed by atoms with van der Waals surface area (Å²) in [6.45, 7) is 4.42. The van der Waals surface area contributed by atoms with E-state index in [0.717, 1.165) is 0 Å². The van der Waals surface area contributed by atoms with Crippen molar-refractivity contribution in [3.63, 3.8) is 0 Å². The summed E-state index contributed by atoms with van der Waals surface area (Å²) in [7, 11) is 0. The van der Waals surface area contributed by atoms with Crippen molar-refractivity contribution in [2.24, 2.45) is 0 Å². The van der Waals surface area contributed by atoms with E-state index in [1.165, 1.54) is 30.0 Å². The van der Waals surface area contributed by atoms with E-state index in [1.54, 1.807) is 11.3 Å². The molecule has 13 heavy (non-hydrogen) atoms. The van der Waals surface area contributed by atoms with E-state index in [9.17, 15) is 0 Å². The molecule has 2 unspecified atom stereocenters. The van der Waals surface area contributed by atoms with Crippen molar-refractivity contribution < 1.29 is 0 Å². The predicted molar refractivity (Wildman–Crippen MR) is 60.8 cm³/mol. The molecule has 3 heteroatoms. The van der Waals surface area contributed by atoms with Crippen molar-refractivity contribution in [2.45, 2.75) is 43.4 Å². The molecule has 0 spiro atoms. The van der Waals surface area contributed by atoms with E-state index >= 15 is 0 Å². The zero-order valence-corrected chi connectivity index (χ0v) is 10.4. The molecule has 1 aliphatic rings. The van der Waals surface area contributed by atoms with Gasteiger partial charge in [0.1, 0.15) is 0 Å². The first kappa shape index (κ1) is 9.66. The summed E-state index contributed by atoms with van der Waals surface area (Å²) >= 11 is 5.46. The van der Waals surface area contributed by atoms with Crippen molar-refractivity contribution in [3.8, 4) is 0 Å². The minimum atomic E-state index is 0.332. The molecule has 0 aliphatic heterocycles. The minimum absolute atomic E-state index is 0.332. The maximum absolute atomic E-state index is 4.60. The van der Waals surface area contributed by atoms with Gasteiger partial charge in [-0.25, -0.2) is 4.98 Å². The standard InChI is InChI=1S/C10H14BrNS/c1-7-12-9(6-13-7)10(2)4-3-8(11)5-10/h6,8H,3-5H2,1-2H3. The molecule has 1 nitrogen and oxygen atoms in total. The van der Waals surface area contributed by atoms with Gasteiger partial charge in [0.05, 0.1) is 10.7 Å². The van der Waals surface area contributed by atoms with Crippen LogP contribution in [0, 0.1) is 6.92 Å². The molecule has 0 N–H and O–H groups in total. The van der Waals surface area contributed by atoms with Gasteiger partial charge >= 0.3 is 0 Å². The van der Waals surface area contributed by atoms with Crippen LogP contribution in [0.3, 0.4) is 0 Å². The van der Waals surface area contributed by atoms with Crippen LogP contribution in [0.25, 0.3) is 0 Å². The Morgan fingerprint density at radius 1 is 1.69 bits per heavy atom. The molecule has 0 amide bonds. The maximum Gasteiger partial charge on any atom is 0.0897 e. The smallest absolute Gasteiger partial charge is 0.0897 e. The SMILES string of the molecule is Cc1nc(C2(C)CCC(Br)C2)cs1. The number of aryl methyl sites for hydroxylation is 1. The largest absolute Gasteiger partial charge is 0.246 e. The van der Waals surface area contributed by atoms with Crippen LogP contribution in [0.2, 0.25) is 0 Å². The molecule has 1 aliphatic carbocycles. The number of halogens is 1. The lowest BCUT2D eigenvalue weighted by molar-refractivity contribution is 0.479. The minimum Gasteiger partial charge on any atom is -0.246 e. The quantitative estimate of drug-likeness (QED) is 0.702. The predicted octanol–water partition coefficient (Wildman–Crippen LogP) is 3.66. The fraction of sp³-hybridized carbons (Fsp3) is 0.700. The Hall–Kier alpha value is 0.110. The molecule has 1 aromatic heterocycles. The normalized spacial score (nSPS) is 33.9. The molecule has 1 heterocycles. The van der Waals surface area contributed by atoms with E-state index in [2.05, 4.69) is 40.1 Å². The van der Waals surface area contributed by atoms with Gasteiger partial charge < -0.3 is 0 Å². The second-order valence-corrected chi connectivity index (χ2v) is 6.51. The van der Waals surface area contributed by atoms with Crippen LogP contribution in [0.15, 0.2) is 5.38 Å². The summed E-state index contributed by atoms with van der Waals surface area (Å²) in [5, 5.41) is 3.41. The van der Waals surface area contributed by atoms with Crippen LogP contribution in [0.4, 0.5) is 0 Å². The Kier molecular flexibility index (Phi) is 2.49. The van der Waals surface area contributed by atoms with E-state index in [1.807, 2.05) is 0 Å². The van der Waals surface area contributed by atoms with Gasteiger partial charge in [0.15, 0.2) is 0 Å². The zero-order chi connectivity index (χ0) is 9.47. The number of hydrogen-bond donors (Lipinski definition) is 0. The molecule has 1 aromatic rings. The summed E-state index contributed by atoms with van der Waals surface area (Å²) in [5.41, 5.74) is 1.64. The third kappa shape index (κ3) is 1.82. The van der Waals surface area contributed by atoms with Crippen LogP contribution in [-0.4, -0.2) is 9.81 Å². The van der Waals surface area contributed by atoms with Crippen LogP contribution < -0.4 is 0 Å². The molecule has 0 radical (unpaired) electrons.